The van der Waals surface area contributed by atoms with Crippen LogP contribution in [0.15, 0.2) is 57.8 Å². The number of piperazine rings is 1. The highest BCUT2D eigenvalue weighted by molar-refractivity contribution is 7.94. The standard InChI is InChI=1S/C22H24N4O7S3/c1-15-3-6-17(7-4-15)36(31,32)26-11-9-25(10-12-26)22-23-14-20(34-22)35(29,30)24-18-8-5-16(21(27)28)13-19(18)33-2/h3-8,13-14,24H,9-12H2,1-2H3,(H,27,28). The van der Waals surface area contributed by atoms with Crippen LogP contribution in [0.5, 0.6) is 5.75 Å². The van der Waals surface area contributed by atoms with Gasteiger partial charge in [-0.25, -0.2) is 26.6 Å². The molecule has 1 aliphatic heterocycles. The van der Waals surface area contributed by atoms with Crippen LogP contribution in [0, 0.1) is 6.92 Å². The van der Waals surface area contributed by atoms with E-state index in [1.807, 2.05) is 11.8 Å². The quantitative estimate of drug-likeness (QED) is 0.430. The molecule has 2 heterocycles. The molecule has 36 heavy (non-hydrogen) atoms. The number of sulfonamides is 2. The molecule has 2 N–H and O–H groups in total. The maximum atomic E-state index is 12.9. The lowest BCUT2D eigenvalue weighted by molar-refractivity contribution is 0.0696. The molecule has 0 radical (unpaired) electrons. The minimum atomic E-state index is -4.02. The Morgan fingerprint density at radius 3 is 2.33 bits per heavy atom. The zero-order valence-electron chi connectivity index (χ0n) is 19.4. The summed E-state index contributed by atoms with van der Waals surface area (Å²) < 4.78 is 60.6. The van der Waals surface area contributed by atoms with Gasteiger partial charge in [-0.05, 0) is 37.3 Å². The number of carboxylic acid groups (broad SMARTS) is 1. The summed E-state index contributed by atoms with van der Waals surface area (Å²) in [5.74, 6) is -1.10. The number of benzene rings is 2. The van der Waals surface area contributed by atoms with E-state index in [-0.39, 0.29) is 39.2 Å². The molecule has 1 fully saturated rings. The minimum absolute atomic E-state index is 0.0431. The summed E-state index contributed by atoms with van der Waals surface area (Å²) in [6.45, 7) is 3.08. The Hall–Kier alpha value is -3.20. The van der Waals surface area contributed by atoms with Gasteiger partial charge in [0, 0.05) is 26.2 Å². The summed E-state index contributed by atoms with van der Waals surface area (Å²) in [6, 6.07) is 10.5. The fourth-order valence-corrected chi connectivity index (χ4v) is 7.27. The van der Waals surface area contributed by atoms with E-state index in [9.17, 15) is 21.6 Å². The second kappa shape index (κ2) is 10.0. The molecular formula is C22H24N4O7S3. The number of hydrogen-bond acceptors (Lipinski definition) is 9. The summed E-state index contributed by atoms with van der Waals surface area (Å²) in [4.78, 5) is 17.5. The average Bonchev–Trinajstić information content (AvgIpc) is 3.36. The smallest absolute Gasteiger partial charge is 0.335 e. The Kier molecular flexibility index (Phi) is 7.22. The van der Waals surface area contributed by atoms with Crippen molar-refractivity contribution in [3.8, 4) is 5.75 Å². The molecule has 11 nitrogen and oxygen atoms in total. The maximum absolute atomic E-state index is 12.9. The van der Waals surface area contributed by atoms with Gasteiger partial charge in [-0.3, -0.25) is 4.72 Å². The van der Waals surface area contributed by atoms with Gasteiger partial charge in [-0.15, -0.1) is 0 Å². The maximum Gasteiger partial charge on any atom is 0.335 e. The summed E-state index contributed by atoms with van der Waals surface area (Å²) in [6.07, 6.45) is 1.23. The highest BCUT2D eigenvalue weighted by Gasteiger charge is 2.30. The Balaban J connectivity index is 1.45. The van der Waals surface area contributed by atoms with Crippen molar-refractivity contribution in [2.24, 2.45) is 0 Å². The van der Waals surface area contributed by atoms with Crippen LogP contribution in [-0.4, -0.2) is 70.5 Å². The number of rotatable bonds is 8. The third kappa shape index (κ3) is 5.31. The zero-order valence-corrected chi connectivity index (χ0v) is 21.9. The Morgan fingerprint density at radius 1 is 1.06 bits per heavy atom. The highest BCUT2D eigenvalue weighted by Crippen LogP contribution is 2.32. The van der Waals surface area contributed by atoms with Crippen LogP contribution in [-0.2, 0) is 20.0 Å². The van der Waals surface area contributed by atoms with E-state index in [0.29, 0.717) is 18.2 Å². The molecule has 0 saturated carbocycles. The van der Waals surface area contributed by atoms with Crippen molar-refractivity contribution < 1.29 is 31.5 Å². The predicted octanol–water partition coefficient (Wildman–Crippen LogP) is 2.47. The van der Waals surface area contributed by atoms with Crippen molar-refractivity contribution >= 4 is 48.2 Å². The Morgan fingerprint density at radius 2 is 1.72 bits per heavy atom. The lowest BCUT2D eigenvalue weighted by Gasteiger charge is -2.33. The van der Waals surface area contributed by atoms with Gasteiger partial charge in [0.15, 0.2) is 9.34 Å². The van der Waals surface area contributed by atoms with Gasteiger partial charge in [0.05, 0.1) is 29.5 Å². The summed E-state index contributed by atoms with van der Waals surface area (Å²) >= 11 is 0.955. The molecule has 1 saturated heterocycles. The van der Waals surface area contributed by atoms with E-state index in [2.05, 4.69) is 9.71 Å². The molecule has 1 aliphatic rings. The molecule has 4 rings (SSSR count). The van der Waals surface area contributed by atoms with E-state index < -0.39 is 26.0 Å². The Labute approximate surface area is 213 Å². The van der Waals surface area contributed by atoms with Crippen LogP contribution in [0.3, 0.4) is 0 Å². The molecule has 192 valence electrons. The van der Waals surface area contributed by atoms with Gasteiger partial charge < -0.3 is 14.7 Å². The van der Waals surface area contributed by atoms with E-state index in [0.717, 1.165) is 16.9 Å². The second-order valence-corrected chi connectivity index (χ2v) is 12.8. The monoisotopic (exact) mass is 552 g/mol. The van der Waals surface area contributed by atoms with E-state index in [1.54, 1.807) is 24.3 Å². The van der Waals surface area contributed by atoms with Crippen molar-refractivity contribution in [1.82, 2.24) is 9.29 Å². The molecule has 14 heteroatoms. The molecule has 0 spiro atoms. The van der Waals surface area contributed by atoms with Crippen LogP contribution in [0.25, 0.3) is 0 Å². The van der Waals surface area contributed by atoms with E-state index in [1.165, 1.54) is 35.8 Å². The number of aromatic carboxylic acids is 1. The van der Waals surface area contributed by atoms with Crippen molar-refractivity contribution in [3.63, 3.8) is 0 Å². The lowest BCUT2D eigenvalue weighted by Crippen LogP contribution is -2.48. The highest BCUT2D eigenvalue weighted by atomic mass is 32.2. The number of ether oxygens (including phenoxy) is 1. The van der Waals surface area contributed by atoms with Gasteiger partial charge in [0.25, 0.3) is 10.0 Å². The first-order valence-electron chi connectivity index (χ1n) is 10.7. The number of aryl methyl sites for hydroxylation is 1. The molecule has 3 aromatic rings. The molecule has 2 aromatic carbocycles. The van der Waals surface area contributed by atoms with Crippen molar-refractivity contribution in [3.05, 3.63) is 59.8 Å². The largest absolute Gasteiger partial charge is 0.495 e. The fraction of sp³-hybridized carbons (Fsp3) is 0.273. The molecule has 0 amide bonds. The SMILES string of the molecule is COc1cc(C(=O)O)ccc1NS(=O)(=O)c1cnc(N2CCN(S(=O)(=O)c3ccc(C)cc3)CC2)s1. The molecule has 0 aliphatic carbocycles. The first-order valence-corrected chi connectivity index (χ1v) is 14.5. The summed E-state index contributed by atoms with van der Waals surface area (Å²) in [5, 5.41) is 9.57. The minimum Gasteiger partial charge on any atom is -0.495 e. The van der Waals surface area contributed by atoms with Gasteiger partial charge >= 0.3 is 5.97 Å². The molecule has 0 unspecified atom stereocenters. The van der Waals surface area contributed by atoms with Crippen LogP contribution in [0.1, 0.15) is 15.9 Å². The number of hydrogen-bond donors (Lipinski definition) is 2. The fourth-order valence-electron chi connectivity index (χ4n) is 3.60. The summed E-state index contributed by atoms with van der Waals surface area (Å²) in [5.41, 5.74) is 1.02. The summed E-state index contributed by atoms with van der Waals surface area (Å²) in [7, 11) is -6.33. The number of thiazole rings is 1. The molecule has 0 bridgehead atoms. The van der Waals surface area contributed by atoms with Crippen LogP contribution < -0.4 is 14.4 Å². The lowest BCUT2D eigenvalue weighted by atomic mass is 10.2. The van der Waals surface area contributed by atoms with Crippen LogP contribution >= 0.6 is 11.3 Å². The third-order valence-electron chi connectivity index (χ3n) is 5.60. The molecular weight excluding hydrogens is 528 g/mol. The Bertz CT molecular complexity index is 1480. The van der Waals surface area contributed by atoms with Crippen molar-refractivity contribution in [2.45, 2.75) is 16.0 Å². The number of anilines is 2. The van der Waals surface area contributed by atoms with Gasteiger partial charge in [-0.1, -0.05) is 29.0 Å². The normalized spacial score (nSPS) is 15.0. The number of carbonyl (C=O) groups is 1. The predicted molar refractivity (Wildman–Crippen MR) is 135 cm³/mol. The van der Waals surface area contributed by atoms with E-state index >= 15 is 0 Å². The van der Waals surface area contributed by atoms with Gasteiger partial charge in [0.2, 0.25) is 10.0 Å². The first kappa shape index (κ1) is 25.9. The van der Waals surface area contributed by atoms with Crippen molar-refractivity contribution in [1.29, 1.82) is 0 Å². The average molecular weight is 553 g/mol. The second-order valence-electron chi connectivity index (χ2n) is 7.99. The number of aromatic nitrogens is 1. The van der Waals surface area contributed by atoms with Gasteiger partial charge in [0.1, 0.15) is 5.75 Å². The molecule has 1 aromatic heterocycles. The molecule has 0 atom stereocenters. The number of methoxy groups -OCH3 is 1. The van der Waals surface area contributed by atoms with Crippen LogP contribution in [0.2, 0.25) is 0 Å². The van der Waals surface area contributed by atoms with Crippen LogP contribution in [0.4, 0.5) is 10.8 Å². The number of nitrogens with zero attached hydrogens (tertiary/aromatic N) is 3. The topological polar surface area (TPSA) is 146 Å². The van der Waals surface area contributed by atoms with Crippen molar-refractivity contribution in [2.75, 3.05) is 42.9 Å². The third-order valence-corrected chi connectivity index (χ3v) is 10.4. The zero-order chi connectivity index (χ0) is 26.1. The van der Waals surface area contributed by atoms with Gasteiger partial charge in [-0.2, -0.15) is 4.31 Å². The van der Waals surface area contributed by atoms with E-state index in [4.69, 9.17) is 9.84 Å². The number of carboxylic acids is 1. The first-order chi connectivity index (χ1) is 17.0. The number of nitrogens with one attached hydrogen (secondary N) is 1.